The quantitative estimate of drug-likeness (QED) is 0.0274. The predicted molar refractivity (Wildman–Crippen MR) is 293 cm³/mol. The molecule has 63 heavy (non-hydrogen) atoms. The summed E-state index contributed by atoms with van der Waals surface area (Å²) in [5.41, 5.74) is 3.88. The maximum Gasteiger partial charge on any atom is 0.0337 e. The number of nitrogens with two attached hydrogens (primary N) is 1. The Morgan fingerprint density at radius 2 is 0.667 bits per heavy atom. The van der Waals surface area contributed by atoms with Crippen LogP contribution < -0.4 is 11.3 Å². The van der Waals surface area contributed by atoms with Gasteiger partial charge in [0.15, 0.2) is 0 Å². The molecule has 1 atom stereocenters. The summed E-state index contributed by atoms with van der Waals surface area (Å²) in [6.45, 7) is 23.2. The summed E-state index contributed by atoms with van der Waals surface area (Å²) in [5, 5.41) is 4.48. The van der Waals surface area contributed by atoms with Crippen LogP contribution in [0.25, 0.3) is 0 Å². The van der Waals surface area contributed by atoms with E-state index in [4.69, 9.17) is 5.84 Å². The van der Waals surface area contributed by atoms with Crippen molar-refractivity contribution in [3.8, 4) is 0 Å². The van der Waals surface area contributed by atoms with Crippen molar-refractivity contribution in [2.45, 2.75) is 338 Å². The number of unbranched alkanes of at least 4 members (excludes halogenated alkanes) is 37. The van der Waals surface area contributed by atoms with Crippen molar-refractivity contribution in [3.63, 3.8) is 0 Å². The minimum atomic E-state index is 0.606. The SMILES string of the molecule is CC.CCCCCCCCCCCC.CCCCCCCCCCCCN(NCCCCCCCCCC)N(SCCCCCCCC)N(N)CC(C)CCCCCCCCCC. The van der Waals surface area contributed by atoms with E-state index in [0.29, 0.717) is 5.92 Å². The standard InChI is InChI=1S/C43H93N5S.C12H26.C2H6/c1-6-10-14-18-22-25-26-29-32-36-40-47(45-39-35-31-28-24-20-16-12-8-3)48(49-41-37-33-21-17-13-9-4)46(44)42-43(5)38-34-30-27-23-19-15-11-7-2;1-3-5-7-9-11-12-10-8-6-4-2;1-2/h43,45H,6-42,44H2,1-5H3;3-12H2,1-2H3;1-2H3. The van der Waals surface area contributed by atoms with Crippen molar-refractivity contribution < 1.29 is 0 Å². The molecule has 384 valence electrons. The lowest BCUT2D eigenvalue weighted by Gasteiger charge is -2.40. The van der Waals surface area contributed by atoms with Gasteiger partial charge in [-0.25, -0.2) is 5.43 Å². The topological polar surface area (TPSA) is 47.8 Å². The minimum Gasteiger partial charge on any atom is -0.253 e. The van der Waals surface area contributed by atoms with Crippen molar-refractivity contribution in [1.29, 1.82) is 0 Å². The molecule has 0 aromatic heterocycles. The predicted octanol–water partition coefficient (Wildman–Crippen LogP) is 20.3. The normalized spacial score (nSPS) is 12.0. The van der Waals surface area contributed by atoms with Crippen LogP contribution in [-0.4, -0.2) is 40.1 Å². The van der Waals surface area contributed by atoms with E-state index < -0.39 is 0 Å². The third-order valence-corrected chi connectivity index (χ3v) is 13.8. The Kier molecular flexibility index (Phi) is 66.5. The molecule has 0 aromatic carbocycles. The molecule has 1 unspecified atom stereocenters. The smallest absolute Gasteiger partial charge is 0.0337 e. The number of hydrogen-bond acceptors (Lipinski definition) is 6. The largest absolute Gasteiger partial charge is 0.253 e. The van der Waals surface area contributed by atoms with Crippen LogP contribution in [0.4, 0.5) is 0 Å². The molecule has 0 aliphatic heterocycles. The highest BCUT2D eigenvalue weighted by molar-refractivity contribution is 7.96. The Labute approximate surface area is 405 Å². The molecule has 0 heterocycles. The molecule has 3 N–H and O–H groups in total. The van der Waals surface area contributed by atoms with Crippen molar-refractivity contribution >= 4 is 11.9 Å². The molecule has 0 amide bonds. The van der Waals surface area contributed by atoms with Gasteiger partial charge in [-0.15, -0.1) is 0 Å². The molecule has 0 bridgehead atoms. The van der Waals surface area contributed by atoms with Crippen LogP contribution in [0, 0.1) is 5.92 Å². The van der Waals surface area contributed by atoms with Crippen LogP contribution in [0.1, 0.15) is 338 Å². The molecule has 0 saturated heterocycles. The average molecular weight is 913 g/mol. The number of hydrogen-bond donors (Lipinski definition) is 2. The van der Waals surface area contributed by atoms with Crippen molar-refractivity contribution in [1.82, 2.24) is 20.2 Å². The van der Waals surface area contributed by atoms with Crippen molar-refractivity contribution in [2.24, 2.45) is 11.8 Å². The molecular weight excluding hydrogens is 787 g/mol. The third kappa shape index (κ3) is 56.4. The van der Waals surface area contributed by atoms with E-state index in [2.05, 4.69) is 68.7 Å². The fraction of sp³-hybridized carbons (Fsp3) is 1.00. The second-order valence-corrected chi connectivity index (χ2v) is 20.4. The second-order valence-electron chi connectivity index (χ2n) is 19.4. The van der Waals surface area contributed by atoms with Gasteiger partial charge < -0.3 is 0 Å². The first-order valence-electron chi connectivity index (χ1n) is 29.5. The third-order valence-electron chi connectivity index (χ3n) is 12.7. The van der Waals surface area contributed by atoms with Crippen LogP contribution >= 0.6 is 11.9 Å². The molecule has 0 fully saturated rings. The van der Waals surface area contributed by atoms with E-state index in [1.54, 1.807) is 0 Å². The summed E-state index contributed by atoms with van der Waals surface area (Å²) >= 11 is 1.94. The molecule has 5 nitrogen and oxygen atoms in total. The fourth-order valence-corrected chi connectivity index (χ4v) is 9.41. The maximum absolute atomic E-state index is 6.99. The first-order valence-corrected chi connectivity index (χ1v) is 30.4. The molecule has 0 radical (unpaired) electrons. The maximum atomic E-state index is 6.99. The molecule has 0 saturated carbocycles. The molecule has 0 aliphatic carbocycles. The monoisotopic (exact) mass is 912 g/mol. The lowest BCUT2D eigenvalue weighted by molar-refractivity contribution is -0.139. The van der Waals surface area contributed by atoms with Crippen LogP contribution in [0.15, 0.2) is 0 Å². The zero-order chi connectivity index (χ0) is 47.0. The Bertz CT molecular complexity index is 746. The molecule has 0 aromatic rings. The van der Waals surface area contributed by atoms with Crippen LogP contribution in [0.2, 0.25) is 0 Å². The average Bonchev–Trinajstić information content (AvgIpc) is 3.29. The highest BCUT2D eigenvalue weighted by Gasteiger charge is 2.23. The summed E-state index contributed by atoms with van der Waals surface area (Å²) in [5.74, 6) is 8.73. The summed E-state index contributed by atoms with van der Waals surface area (Å²) in [6, 6.07) is 0. The van der Waals surface area contributed by atoms with Gasteiger partial charge in [-0.2, -0.15) is 10.2 Å². The Balaban J connectivity index is -0.00000220. The van der Waals surface area contributed by atoms with Crippen molar-refractivity contribution in [3.05, 3.63) is 0 Å². The fourth-order valence-electron chi connectivity index (χ4n) is 8.42. The van der Waals surface area contributed by atoms with E-state index in [-0.39, 0.29) is 0 Å². The van der Waals surface area contributed by atoms with Crippen molar-refractivity contribution in [2.75, 3.05) is 25.4 Å². The van der Waals surface area contributed by atoms with E-state index in [9.17, 15) is 0 Å². The first-order chi connectivity index (χ1) is 31.0. The number of hydrazine groups is 4. The summed E-state index contributed by atoms with van der Waals surface area (Å²) in [6.07, 6.45) is 59.6. The molecular formula is C57H125N5S. The number of nitrogens with one attached hydrogen (secondary N) is 1. The second kappa shape index (κ2) is 62.1. The molecule has 6 heteroatoms. The van der Waals surface area contributed by atoms with Crippen LogP contribution in [0.3, 0.4) is 0 Å². The van der Waals surface area contributed by atoms with Gasteiger partial charge >= 0.3 is 0 Å². The minimum absolute atomic E-state index is 0.606. The van der Waals surface area contributed by atoms with Gasteiger partial charge in [0, 0.05) is 25.4 Å². The highest BCUT2D eigenvalue weighted by atomic mass is 32.2. The summed E-state index contributed by atoms with van der Waals surface area (Å²) in [7, 11) is 0. The first kappa shape index (κ1) is 67.4. The summed E-state index contributed by atoms with van der Waals surface area (Å²) < 4.78 is 2.34. The van der Waals surface area contributed by atoms with E-state index >= 15 is 0 Å². The van der Waals surface area contributed by atoms with Crippen LogP contribution in [0.5, 0.6) is 0 Å². The van der Waals surface area contributed by atoms with Gasteiger partial charge in [-0.05, 0) is 43.5 Å². The van der Waals surface area contributed by atoms with Gasteiger partial charge in [-0.1, -0.05) is 317 Å². The summed E-state index contributed by atoms with van der Waals surface area (Å²) in [4.78, 5) is 0. The highest BCUT2D eigenvalue weighted by Crippen LogP contribution is 2.22. The van der Waals surface area contributed by atoms with Gasteiger partial charge in [0.05, 0.1) is 0 Å². The Morgan fingerprint density at radius 1 is 0.381 bits per heavy atom. The molecule has 0 aliphatic rings. The number of nitrogens with zero attached hydrogens (tertiary/aromatic N) is 3. The number of rotatable bonds is 51. The van der Waals surface area contributed by atoms with Gasteiger partial charge in [0.2, 0.25) is 0 Å². The van der Waals surface area contributed by atoms with Gasteiger partial charge in [0.25, 0.3) is 0 Å². The lowest BCUT2D eigenvalue weighted by atomic mass is 10.0. The zero-order valence-corrected chi connectivity index (χ0v) is 46.5. The zero-order valence-electron chi connectivity index (χ0n) is 45.6. The van der Waals surface area contributed by atoms with E-state index in [1.165, 1.54) is 276 Å². The van der Waals surface area contributed by atoms with E-state index in [1.807, 2.05) is 25.8 Å². The van der Waals surface area contributed by atoms with Crippen LogP contribution in [-0.2, 0) is 0 Å². The van der Waals surface area contributed by atoms with E-state index in [0.717, 1.165) is 25.4 Å². The van der Waals surface area contributed by atoms with Gasteiger partial charge in [0.1, 0.15) is 0 Å². The Morgan fingerprint density at radius 3 is 1.02 bits per heavy atom. The molecule has 0 spiro atoms. The lowest BCUT2D eigenvalue weighted by Crippen LogP contribution is -2.59. The van der Waals surface area contributed by atoms with Gasteiger partial charge in [-0.3, -0.25) is 5.84 Å². The molecule has 0 rings (SSSR count). The Hall–Kier alpha value is 0.150.